The number of aromatic amines is 1. The second kappa shape index (κ2) is 7.13. The SMILES string of the molecule is O=C(O)NC(c1nc2ccc(-c3ccncc3)cc2[nH]1)C1CCOCC1. The van der Waals surface area contributed by atoms with Gasteiger partial charge in [0.05, 0.1) is 17.1 Å². The van der Waals surface area contributed by atoms with E-state index in [9.17, 15) is 9.90 Å². The Bertz CT molecular complexity index is 904. The summed E-state index contributed by atoms with van der Waals surface area (Å²) in [6.07, 6.45) is 4.10. The number of nitrogens with one attached hydrogen (secondary N) is 2. The second-order valence-electron chi connectivity index (χ2n) is 6.47. The number of H-pyrrole nitrogens is 1. The molecule has 1 unspecified atom stereocenters. The highest BCUT2D eigenvalue weighted by atomic mass is 16.5. The van der Waals surface area contributed by atoms with Crippen molar-refractivity contribution in [3.63, 3.8) is 0 Å². The molecule has 1 aromatic carbocycles. The predicted molar refractivity (Wildman–Crippen MR) is 96.8 cm³/mol. The minimum Gasteiger partial charge on any atom is -0.465 e. The monoisotopic (exact) mass is 352 g/mol. The van der Waals surface area contributed by atoms with Crippen LogP contribution >= 0.6 is 0 Å². The summed E-state index contributed by atoms with van der Waals surface area (Å²) < 4.78 is 5.40. The molecule has 0 aliphatic carbocycles. The van der Waals surface area contributed by atoms with E-state index in [0.717, 1.165) is 35.0 Å². The molecule has 0 spiro atoms. The quantitative estimate of drug-likeness (QED) is 0.668. The Labute approximate surface area is 150 Å². The summed E-state index contributed by atoms with van der Waals surface area (Å²) in [5, 5.41) is 11.9. The molecule has 0 bridgehead atoms. The Morgan fingerprint density at radius 3 is 2.69 bits per heavy atom. The highest BCUT2D eigenvalue weighted by Crippen LogP contribution is 2.31. The van der Waals surface area contributed by atoms with E-state index in [-0.39, 0.29) is 12.0 Å². The molecule has 4 rings (SSSR count). The first-order valence-electron chi connectivity index (χ1n) is 8.68. The fourth-order valence-electron chi connectivity index (χ4n) is 3.49. The number of hydrogen-bond donors (Lipinski definition) is 3. The second-order valence-corrected chi connectivity index (χ2v) is 6.47. The number of ether oxygens (including phenoxy) is 1. The van der Waals surface area contributed by atoms with Gasteiger partial charge in [0.2, 0.25) is 0 Å². The van der Waals surface area contributed by atoms with Crippen molar-refractivity contribution in [2.45, 2.75) is 18.9 Å². The highest BCUT2D eigenvalue weighted by molar-refractivity contribution is 5.82. The van der Waals surface area contributed by atoms with Crippen LogP contribution in [0.1, 0.15) is 24.7 Å². The van der Waals surface area contributed by atoms with Gasteiger partial charge in [-0.3, -0.25) is 4.98 Å². The Balaban J connectivity index is 1.69. The number of nitrogens with zero attached hydrogens (tertiary/aromatic N) is 2. The van der Waals surface area contributed by atoms with Gasteiger partial charge in [0.1, 0.15) is 5.82 Å². The van der Waals surface area contributed by atoms with Crippen LogP contribution in [0.15, 0.2) is 42.7 Å². The van der Waals surface area contributed by atoms with Crippen LogP contribution in [-0.4, -0.2) is 39.4 Å². The summed E-state index contributed by atoms with van der Waals surface area (Å²) in [6, 6.07) is 9.53. The average molecular weight is 352 g/mol. The fourth-order valence-corrected chi connectivity index (χ4v) is 3.49. The largest absolute Gasteiger partial charge is 0.465 e. The number of pyridine rings is 1. The maximum absolute atomic E-state index is 11.3. The minimum atomic E-state index is -1.04. The lowest BCUT2D eigenvalue weighted by molar-refractivity contribution is 0.0524. The van der Waals surface area contributed by atoms with Gasteiger partial charge >= 0.3 is 6.09 Å². The van der Waals surface area contributed by atoms with Gasteiger partial charge in [-0.1, -0.05) is 6.07 Å². The van der Waals surface area contributed by atoms with Crippen molar-refractivity contribution in [2.24, 2.45) is 5.92 Å². The van der Waals surface area contributed by atoms with Gasteiger partial charge in [-0.2, -0.15) is 0 Å². The average Bonchev–Trinajstić information content (AvgIpc) is 3.10. The van der Waals surface area contributed by atoms with E-state index in [4.69, 9.17) is 4.74 Å². The molecular weight excluding hydrogens is 332 g/mol. The Morgan fingerprint density at radius 2 is 1.96 bits per heavy atom. The molecule has 2 aromatic heterocycles. The Hall–Kier alpha value is -2.93. The van der Waals surface area contributed by atoms with Gasteiger partial charge in [-0.15, -0.1) is 0 Å². The van der Waals surface area contributed by atoms with E-state index in [1.54, 1.807) is 12.4 Å². The Kier molecular flexibility index (Phi) is 4.53. The molecule has 26 heavy (non-hydrogen) atoms. The normalized spacial score (nSPS) is 16.5. The first kappa shape index (κ1) is 16.5. The molecule has 1 saturated heterocycles. The van der Waals surface area contributed by atoms with E-state index >= 15 is 0 Å². The van der Waals surface area contributed by atoms with Crippen molar-refractivity contribution in [1.82, 2.24) is 20.3 Å². The number of benzene rings is 1. The molecule has 1 aliphatic heterocycles. The molecule has 0 radical (unpaired) electrons. The van der Waals surface area contributed by atoms with E-state index < -0.39 is 6.09 Å². The zero-order valence-electron chi connectivity index (χ0n) is 14.2. The minimum absolute atomic E-state index is 0.167. The topological polar surface area (TPSA) is 100 Å². The molecule has 1 amide bonds. The smallest absolute Gasteiger partial charge is 0.405 e. The predicted octanol–water partition coefficient (Wildman–Crippen LogP) is 3.36. The van der Waals surface area contributed by atoms with Crippen molar-refractivity contribution in [1.29, 1.82) is 0 Å². The Morgan fingerprint density at radius 1 is 1.19 bits per heavy atom. The number of rotatable bonds is 4. The summed E-state index contributed by atoms with van der Waals surface area (Å²) in [4.78, 5) is 23.3. The summed E-state index contributed by atoms with van der Waals surface area (Å²) >= 11 is 0. The van der Waals surface area contributed by atoms with Gasteiger partial charge in [-0.05, 0) is 54.2 Å². The molecule has 3 aromatic rings. The molecule has 7 nitrogen and oxygen atoms in total. The maximum atomic E-state index is 11.3. The van der Waals surface area contributed by atoms with Crippen LogP contribution < -0.4 is 5.32 Å². The number of hydrogen-bond acceptors (Lipinski definition) is 4. The van der Waals surface area contributed by atoms with Gasteiger partial charge in [0.25, 0.3) is 0 Å². The zero-order valence-corrected chi connectivity index (χ0v) is 14.2. The third-order valence-electron chi connectivity index (χ3n) is 4.82. The number of fused-ring (bicyclic) bond motifs is 1. The van der Waals surface area contributed by atoms with Crippen LogP contribution in [0.25, 0.3) is 22.2 Å². The lowest BCUT2D eigenvalue weighted by Gasteiger charge is -2.28. The summed E-state index contributed by atoms with van der Waals surface area (Å²) in [7, 11) is 0. The summed E-state index contributed by atoms with van der Waals surface area (Å²) in [5.74, 6) is 0.821. The van der Waals surface area contributed by atoms with Crippen LogP contribution in [0.2, 0.25) is 0 Å². The fraction of sp³-hybridized carbons (Fsp3) is 0.316. The van der Waals surface area contributed by atoms with E-state index in [2.05, 4.69) is 20.3 Å². The molecule has 1 atom stereocenters. The van der Waals surface area contributed by atoms with Gasteiger partial charge in [0.15, 0.2) is 0 Å². The molecule has 1 fully saturated rings. The number of carboxylic acid groups (broad SMARTS) is 1. The van der Waals surface area contributed by atoms with Crippen LogP contribution in [0, 0.1) is 5.92 Å². The van der Waals surface area contributed by atoms with Crippen molar-refractivity contribution < 1.29 is 14.6 Å². The molecule has 1 aliphatic rings. The number of carbonyl (C=O) groups is 1. The first-order valence-corrected chi connectivity index (χ1v) is 8.68. The van der Waals surface area contributed by atoms with Crippen LogP contribution in [-0.2, 0) is 4.74 Å². The van der Waals surface area contributed by atoms with Crippen LogP contribution in [0.3, 0.4) is 0 Å². The first-order chi connectivity index (χ1) is 12.7. The highest BCUT2D eigenvalue weighted by Gasteiger charge is 2.29. The third kappa shape index (κ3) is 3.39. The standard InChI is InChI=1S/C19H20N4O3/c24-19(25)23-17(13-5-9-26-10-6-13)18-21-15-2-1-14(11-16(15)22-18)12-3-7-20-8-4-12/h1-4,7-8,11,13,17,23H,5-6,9-10H2,(H,21,22)(H,24,25). The van der Waals surface area contributed by atoms with Crippen molar-refractivity contribution in [3.05, 3.63) is 48.5 Å². The van der Waals surface area contributed by atoms with Gasteiger partial charge in [-0.25, -0.2) is 9.78 Å². The summed E-state index contributed by atoms with van der Waals surface area (Å²) in [6.45, 7) is 1.30. The van der Waals surface area contributed by atoms with Gasteiger partial charge in [0, 0.05) is 25.6 Å². The van der Waals surface area contributed by atoms with E-state index in [1.807, 2.05) is 30.3 Å². The number of imidazole rings is 1. The van der Waals surface area contributed by atoms with Crippen molar-refractivity contribution in [3.8, 4) is 11.1 Å². The van der Waals surface area contributed by atoms with Crippen LogP contribution in [0.5, 0.6) is 0 Å². The van der Waals surface area contributed by atoms with Crippen molar-refractivity contribution >= 4 is 17.1 Å². The lowest BCUT2D eigenvalue weighted by atomic mass is 9.91. The van der Waals surface area contributed by atoms with E-state index in [1.165, 1.54) is 0 Å². The van der Waals surface area contributed by atoms with Crippen molar-refractivity contribution in [2.75, 3.05) is 13.2 Å². The third-order valence-corrected chi connectivity index (χ3v) is 4.82. The molecule has 0 saturated carbocycles. The van der Waals surface area contributed by atoms with E-state index in [0.29, 0.717) is 19.0 Å². The molecule has 3 N–H and O–H groups in total. The number of aromatic nitrogens is 3. The summed E-state index contributed by atoms with van der Waals surface area (Å²) in [5.41, 5.74) is 3.84. The van der Waals surface area contributed by atoms with Gasteiger partial charge < -0.3 is 20.1 Å². The maximum Gasteiger partial charge on any atom is 0.405 e. The molecule has 3 heterocycles. The molecular formula is C19H20N4O3. The lowest BCUT2D eigenvalue weighted by Crippen LogP contribution is -2.35. The van der Waals surface area contributed by atoms with Crippen LogP contribution in [0.4, 0.5) is 4.79 Å². The molecule has 134 valence electrons. The number of amides is 1. The zero-order chi connectivity index (χ0) is 17.9. The molecule has 7 heteroatoms.